The molecule has 1 saturated carbocycles. The summed E-state index contributed by atoms with van der Waals surface area (Å²) in [5.41, 5.74) is 5.43. The summed E-state index contributed by atoms with van der Waals surface area (Å²) < 4.78 is 2.91. The van der Waals surface area contributed by atoms with Crippen molar-refractivity contribution in [2.75, 3.05) is 11.9 Å². The second kappa shape index (κ2) is 7.25. The molecule has 1 aliphatic carbocycles. The molecule has 0 bridgehead atoms. The number of hydrogen-bond acceptors (Lipinski definition) is 2. The van der Waals surface area contributed by atoms with Crippen molar-refractivity contribution < 1.29 is 0 Å². The van der Waals surface area contributed by atoms with E-state index in [1.165, 1.54) is 69.2 Å². The lowest BCUT2D eigenvalue weighted by atomic mass is 9.84. The van der Waals surface area contributed by atoms with Crippen LogP contribution in [0, 0.1) is 6.92 Å². The van der Waals surface area contributed by atoms with E-state index in [1.807, 2.05) is 11.3 Å². The minimum Gasteiger partial charge on any atom is -0.343 e. The van der Waals surface area contributed by atoms with E-state index < -0.39 is 0 Å². The molecular formula is C26H27NS. The fraction of sp³-hybridized carbons (Fsp3) is 0.308. The third kappa shape index (κ3) is 3.00. The maximum absolute atomic E-state index is 2.39. The van der Waals surface area contributed by atoms with Gasteiger partial charge in [-0.3, -0.25) is 0 Å². The SMILES string of the molecule is Cc1ccc(N(C)c2cccc3c2sc2c(C4CCCCC4)cccc23)cc1. The summed E-state index contributed by atoms with van der Waals surface area (Å²) in [4.78, 5) is 2.33. The first-order valence-corrected chi connectivity index (χ1v) is 11.3. The van der Waals surface area contributed by atoms with Crippen LogP contribution in [-0.4, -0.2) is 7.05 Å². The van der Waals surface area contributed by atoms with E-state index >= 15 is 0 Å². The molecule has 3 aromatic carbocycles. The number of fused-ring (bicyclic) bond motifs is 3. The predicted molar refractivity (Wildman–Crippen MR) is 124 cm³/mol. The minimum absolute atomic E-state index is 0.740. The smallest absolute Gasteiger partial charge is 0.0592 e. The van der Waals surface area contributed by atoms with E-state index in [9.17, 15) is 0 Å². The van der Waals surface area contributed by atoms with E-state index in [4.69, 9.17) is 0 Å². The largest absolute Gasteiger partial charge is 0.343 e. The van der Waals surface area contributed by atoms with Crippen LogP contribution < -0.4 is 4.90 Å². The lowest BCUT2D eigenvalue weighted by molar-refractivity contribution is 0.446. The molecule has 0 N–H and O–H groups in total. The van der Waals surface area contributed by atoms with Gasteiger partial charge in [-0.2, -0.15) is 0 Å². The van der Waals surface area contributed by atoms with Crippen LogP contribution in [0.3, 0.4) is 0 Å². The number of nitrogens with zero attached hydrogens (tertiary/aromatic N) is 1. The Morgan fingerprint density at radius 1 is 0.786 bits per heavy atom. The van der Waals surface area contributed by atoms with E-state index in [0.29, 0.717) is 0 Å². The van der Waals surface area contributed by atoms with Gasteiger partial charge in [0.2, 0.25) is 0 Å². The molecule has 142 valence electrons. The molecule has 0 unspecified atom stereocenters. The Hall–Kier alpha value is -2.32. The van der Waals surface area contributed by atoms with E-state index in [0.717, 1.165) is 5.92 Å². The van der Waals surface area contributed by atoms with Gasteiger partial charge >= 0.3 is 0 Å². The maximum atomic E-state index is 2.39. The van der Waals surface area contributed by atoms with Crippen molar-refractivity contribution in [1.29, 1.82) is 0 Å². The third-order valence-corrected chi connectivity index (χ3v) is 7.65. The number of benzene rings is 3. The van der Waals surface area contributed by atoms with Gasteiger partial charge in [0.1, 0.15) is 0 Å². The molecule has 0 spiro atoms. The summed E-state index contributed by atoms with van der Waals surface area (Å²) in [6.07, 6.45) is 6.87. The molecule has 1 aromatic heterocycles. The number of rotatable bonds is 3. The molecule has 1 heterocycles. The summed E-state index contributed by atoms with van der Waals surface area (Å²) in [5.74, 6) is 0.740. The van der Waals surface area contributed by atoms with Crippen molar-refractivity contribution in [1.82, 2.24) is 0 Å². The standard InChI is InChI=1S/C26H27NS/c1-18-14-16-20(17-15-18)27(2)24-13-7-12-23-22-11-6-10-21(25(22)28-26(23)24)19-8-4-3-5-9-19/h6-7,10-17,19H,3-5,8-9H2,1-2H3. The first-order valence-electron chi connectivity index (χ1n) is 10.5. The predicted octanol–water partition coefficient (Wildman–Crippen LogP) is 8.18. The second-order valence-electron chi connectivity index (χ2n) is 8.21. The van der Waals surface area contributed by atoms with Crippen molar-refractivity contribution in [3.05, 3.63) is 71.8 Å². The van der Waals surface area contributed by atoms with Crippen molar-refractivity contribution >= 4 is 42.9 Å². The molecule has 4 aromatic rings. The Morgan fingerprint density at radius 2 is 1.46 bits per heavy atom. The van der Waals surface area contributed by atoms with Crippen molar-refractivity contribution in [3.63, 3.8) is 0 Å². The van der Waals surface area contributed by atoms with E-state index in [1.54, 1.807) is 5.56 Å². The van der Waals surface area contributed by atoms with Crippen LogP contribution in [0.15, 0.2) is 60.7 Å². The van der Waals surface area contributed by atoms with Crippen molar-refractivity contribution in [3.8, 4) is 0 Å². The monoisotopic (exact) mass is 385 g/mol. The highest BCUT2D eigenvalue weighted by molar-refractivity contribution is 7.26. The van der Waals surface area contributed by atoms with Gasteiger partial charge < -0.3 is 4.90 Å². The molecular weight excluding hydrogens is 358 g/mol. The summed E-state index contributed by atoms with van der Waals surface area (Å²) in [6.45, 7) is 2.14. The Labute approximate surface area is 171 Å². The van der Waals surface area contributed by atoms with E-state index in [-0.39, 0.29) is 0 Å². The fourth-order valence-electron chi connectivity index (χ4n) is 4.73. The molecule has 28 heavy (non-hydrogen) atoms. The highest BCUT2D eigenvalue weighted by Crippen LogP contribution is 2.45. The molecule has 1 aliphatic rings. The van der Waals surface area contributed by atoms with Crippen LogP contribution in [0.25, 0.3) is 20.2 Å². The number of thiophene rings is 1. The molecule has 5 rings (SSSR count). The molecule has 1 nitrogen and oxygen atoms in total. The quantitative estimate of drug-likeness (QED) is 0.344. The Bertz CT molecular complexity index is 1120. The summed E-state index contributed by atoms with van der Waals surface area (Å²) in [7, 11) is 2.19. The van der Waals surface area contributed by atoms with Gasteiger partial charge in [-0.05, 0) is 49.4 Å². The van der Waals surface area contributed by atoms with Crippen LogP contribution in [0.4, 0.5) is 11.4 Å². The molecule has 0 amide bonds. The Balaban J connectivity index is 1.66. The van der Waals surface area contributed by atoms with Gasteiger partial charge in [-0.25, -0.2) is 0 Å². The minimum atomic E-state index is 0.740. The zero-order valence-corrected chi connectivity index (χ0v) is 17.6. The lowest BCUT2D eigenvalue weighted by Gasteiger charge is -2.22. The van der Waals surface area contributed by atoms with E-state index in [2.05, 4.69) is 79.5 Å². The highest BCUT2D eigenvalue weighted by Gasteiger charge is 2.20. The zero-order valence-electron chi connectivity index (χ0n) is 16.7. The molecule has 0 radical (unpaired) electrons. The second-order valence-corrected chi connectivity index (χ2v) is 9.23. The number of anilines is 2. The van der Waals surface area contributed by atoms with Gasteiger partial charge in [0, 0.05) is 28.2 Å². The van der Waals surface area contributed by atoms with Gasteiger partial charge in [-0.1, -0.05) is 67.3 Å². The van der Waals surface area contributed by atoms with Crippen LogP contribution in [-0.2, 0) is 0 Å². The lowest BCUT2D eigenvalue weighted by Crippen LogP contribution is -2.09. The third-order valence-electron chi connectivity index (χ3n) is 6.36. The van der Waals surface area contributed by atoms with Crippen LogP contribution in [0.2, 0.25) is 0 Å². The Morgan fingerprint density at radius 3 is 2.21 bits per heavy atom. The topological polar surface area (TPSA) is 3.24 Å². The average molecular weight is 386 g/mol. The molecule has 1 fully saturated rings. The van der Waals surface area contributed by atoms with Crippen LogP contribution in [0.1, 0.15) is 49.1 Å². The highest BCUT2D eigenvalue weighted by atomic mass is 32.1. The van der Waals surface area contributed by atoms with Gasteiger partial charge in [-0.15, -0.1) is 11.3 Å². The first kappa shape index (κ1) is 17.8. The van der Waals surface area contributed by atoms with Crippen molar-refractivity contribution in [2.45, 2.75) is 44.9 Å². The summed E-state index contributed by atoms with van der Waals surface area (Å²) in [6, 6.07) is 22.6. The molecule has 0 saturated heterocycles. The first-order chi connectivity index (χ1) is 13.7. The van der Waals surface area contributed by atoms with Gasteiger partial charge in [0.05, 0.1) is 10.4 Å². The molecule has 0 aliphatic heterocycles. The number of hydrogen-bond donors (Lipinski definition) is 0. The van der Waals surface area contributed by atoms with Gasteiger partial charge in [0.25, 0.3) is 0 Å². The Kier molecular flexibility index (Phi) is 4.60. The maximum Gasteiger partial charge on any atom is 0.0592 e. The van der Waals surface area contributed by atoms with Gasteiger partial charge in [0.15, 0.2) is 0 Å². The van der Waals surface area contributed by atoms with Crippen LogP contribution in [0.5, 0.6) is 0 Å². The van der Waals surface area contributed by atoms with Crippen LogP contribution >= 0.6 is 11.3 Å². The normalized spacial score (nSPS) is 15.4. The summed E-state index contributed by atoms with van der Waals surface area (Å²) in [5, 5.41) is 2.83. The fourth-order valence-corrected chi connectivity index (χ4v) is 6.18. The van der Waals surface area contributed by atoms with Crippen molar-refractivity contribution in [2.24, 2.45) is 0 Å². The number of aryl methyl sites for hydroxylation is 1. The summed E-state index contributed by atoms with van der Waals surface area (Å²) >= 11 is 1.99. The molecule has 0 atom stereocenters. The average Bonchev–Trinajstić information content (AvgIpc) is 3.13. The molecule has 2 heteroatoms. The zero-order chi connectivity index (χ0) is 19.1.